The number of aromatic nitrogens is 3. The zero-order valence-corrected chi connectivity index (χ0v) is 13.5. The first-order chi connectivity index (χ1) is 11.3. The van der Waals surface area contributed by atoms with E-state index in [1.165, 1.54) is 36.0 Å². The molecule has 3 heterocycles. The normalized spacial score (nSPS) is 18.7. The van der Waals surface area contributed by atoms with E-state index < -0.39 is 0 Å². The maximum atomic E-state index is 4.40. The molecule has 0 aliphatic carbocycles. The molecule has 0 radical (unpaired) electrons. The van der Waals surface area contributed by atoms with Crippen molar-refractivity contribution in [2.45, 2.75) is 19.4 Å². The summed E-state index contributed by atoms with van der Waals surface area (Å²) in [5, 5.41) is 5.50. The molecule has 1 aliphatic rings. The van der Waals surface area contributed by atoms with Crippen molar-refractivity contribution in [1.29, 1.82) is 0 Å². The molecule has 1 saturated heterocycles. The van der Waals surface area contributed by atoms with Gasteiger partial charge in [-0.1, -0.05) is 12.1 Å². The van der Waals surface area contributed by atoms with Crippen LogP contribution in [0.3, 0.4) is 0 Å². The Morgan fingerprint density at radius 1 is 1.22 bits per heavy atom. The van der Waals surface area contributed by atoms with Crippen molar-refractivity contribution >= 4 is 10.9 Å². The summed E-state index contributed by atoms with van der Waals surface area (Å²) in [7, 11) is 1.98. The van der Waals surface area contributed by atoms with E-state index >= 15 is 0 Å². The lowest BCUT2D eigenvalue weighted by Crippen LogP contribution is -2.20. The lowest BCUT2D eigenvalue weighted by molar-refractivity contribution is 0.316. The Labute approximate surface area is 136 Å². The van der Waals surface area contributed by atoms with Crippen LogP contribution < -0.4 is 0 Å². The highest BCUT2D eigenvalue weighted by Crippen LogP contribution is 2.24. The standard InChI is InChI=1S/C19H22N4/c1-22-12-17(11-21-22)14-23-8-6-16(13-23)9-15-4-5-19-18(10-15)3-2-7-20-19/h2-5,7,10-12,16H,6,8-9,13-14H2,1H3/t16-/m1/s1. The molecule has 1 atom stereocenters. The number of pyridine rings is 1. The zero-order valence-electron chi connectivity index (χ0n) is 13.5. The van der Waals surface area contributed by atoms with Gasteiger partial charge in [-0.3, -0.25) is 14.6 Å². The molecule has 1 aromatic carbocycles. The third-order valence-corrected chi connectivity index (χ3v) is 4.73. The lowest BCUT2D eigenvalue weighted by Gasteiger charge is -2.15. The summed E-state index contributed by atoms with van der Waals surface area (Å²) in [5.41, 5.74) is 3.82. The second-order valence-electron chi connectivity index (χ2n) is 6.65. The molecule has 1 fully saturated rings. The first kappa shape index (κ1) is 14.4. The van der Waals surface area contributed by atoms with Gasteiger partial charge in [0.15, 0.2) is 0 Å². The Morgan fingerprint density at radius 3 is 3.04 bits per heavy atom. The topological polar surface area (TPSA) is 34.0 Å². The first-order valence-corrected chi connectivity index (χ1v) is 8.30. The van der Waals surface area contributed by atoms with Crippen LogP contribution in [0.5, 0.6) is 0 Å². The maximum Gasteiger partial charge on any atom is 0.0702 e. The van der Waals surface area contributed by atoms with E-state index in [0.29, 0.717) is 0 Å². The van der Waals surface area contributed by atoms with Crippen LogP contribution in [0.25, 0.3) is 10.9 Å². The maximum absolute atomic E-state index is 4.40. The van der Waals surface area contributed by atoms with E-state index in [0.717, 1.165) is 24.4 Å². The van der Waals surface area contributed by atoms with Crippen molar-refractivity contribution in [2.75, 3.05) is 13.1 Å². The Bertz CT molecular complexity index is 808. The highest BCUT2D eigenvalue weighted by atomic mass is 15.2. The Morgan fingerprint density at radius 2 is 2.17 bits per heavy atom. The van der Waals surface area contributed by atoms with Crippen molar-refractivity contribution in [3.05, 3.63) is 60.0 Å². The number of nitrogens with zero attached hydrogens (tertiary/aromatic N) is 4. The molecule has 0 spiro atoms. The first-order valence-electron chi connectivity index (χ1n) is 8.30. The highest BCUT2D eigenvalue weighted by molar-refractivity contribution is 5.78. The number of likely N-dealkylation sites (tertiary alicyclic amines) is 1. The van der Waals surface area contributed by atoms with Gasteiger partial charge in [0.1, 0.15) is 0 Å². The summed E-state index contributed by atoms with van der Waals surface area (Å²) >= 11 is 0. The lowest BCUT2D eigenvalue weighted by atomic mass is 9.97. The molecule has 1 aliphatic heterocycles. The molecular weight excluding hydrogens is 284 g/mol. The van der Waals surface area contributed by atoms with Gasteiger partial charge in [0.25, 0.3) is 0 Å². The summed E-state index contributed by atoms with van der Waals surface area (Å²) in [6.45, 7) is 3.39. The highest BCUT2D eigenvalue weighted by Gasteiger charge is 2.23. The Kier molecular flexibility index (Phi) is 3.83. The second kappa shape index (κ2) is 6.13. The van der Waals surface area contributed by atoms with Crippen LogP contribution in [0.1, 0.15) is 17.5 Å². The summed E-state index contributed by atoms with van der Waals surface area (Å²) < 4.78 is 1.88. The molecule has 2 aromatic heterocycles. The number of benzene rings is 1. The van der Waals surface area contributed by atoms with Crippen LogP contribution in [0.2, 0.25) is 0 Å². The minimum atomic E-state index is 0.751. The van der Waals surface area contributed by atoms with Crippen molar-refractivity contribution in [3.63, 3.8) is 0 Å². The molecule has 0 amide bonds. The average molecular weight is 306 g/mol. The summed E-state index contributed by atoms with van der Waals surface area (Å²) in [4.78, 5) is 6.94. The molecule has 3 aromatic rings. The van der Waals surface area contributed by atoms with Crippen LogP contribution in [0, 0.1) is 5.92 Å². The van der Waals surface area contributed by atoms with Gasteiger partial charge in [0, 0.05) is 43.5 Å². The zero-order chi connectivity index (χ0) is 15.6. The fraction of sp³-hybridized carbons (Fsp3) is 0.368. The van der Waals surface area contributed by atoms with Gasteiger partial charge < -0.3 is 0 Å². The van der Waals surface area contributed by atoms with Gasteiger partial charge in [0.2, 0.25) is 0 Å². The van der Waals surface area contributed by atoms with Crippen LogP contribution in [0.4, 0.5) is 0 Å². The van der Waals surface area contributed by atoms with E-state index in [4.69, 9.17) is 0 Å². The number of rotatable bonds is 4. The summed E-state index contributed by atoms with van der Waals surface area (Å²) in [5.74, 6) is 0.751. The van der Waals surface area contributed by atoms with E-state index in [2.05, 4.69) is 45.4 Å². The molecule has 4 rings (SSSR count). The van der Waals surface area contributed by atoms with Gasteiger partial charge in [0.05, 0.1) is 11.7 Å². The monoisotopic (exact) mass is 306 g/mol. The quantitative estimate of drug-likeness (QED) is 0.743. The van der Waals surface area contributed by atoms with E-state index in [1.807, 2.05) is 30.2 Å². The van der Waals surface area contributed by atoms with Crippen LogP contribution in [-0.4, -0.2) is 32.8 Å². The third kappa shape index (κ3) is 3.27. The molecule has 23 heavy (non-hydrogen) atoms. The molecule has 0 unspecified atom stereocenters. The van der Waals surface area contributed by atoms with Crippen molar-refractivity contribution < 1.29 is 0 Å². The number of fused-ring (bicyclic) bond motifs is 1. The van der Waals surface area contributed by atoms with Crippen LogP contribution >= 0.6 is 0 Å². The van der Waals surface area contributed by atoms with Crippen molar-refractivity contribution in [3.8, 4) is 0 Å². The molecule has 4 heteroatoms. The largest absolute Gasteiger partial charge is 0.299 e. The third-order valence-electron chi connectivity index (χ3n) is 4.73. The Hall–Kier alpha value is -2.20. The molecule has 0 N–H and O–H groups in total. The fourth-order valence-corrected chi connectivity index (χ4v) is 3.62. The summed E-state index contributed by atoms with van der Waals surface area (Å²) in [6.07, 6.45) is 8.39. The van der Waals surface area contributed by atoms with Gasteiger partial charge in [-0.05, 0) is 49.1 Å². The smallest absolute Gasteiger partial charge is 0.0702 e. The molecule has 118 valence electrons. The molecule has 0 saturated carbocycles. The molecular formula is C19H22N4. The van der Waals surface area contributed by atoms with Gasteiger partial charge in [-0.2, -0.15) is 5.10 Å². The predicted molar refractivity (Wildman–Crippen MR) is 92.0 cm³/mol. The van der Waals surface area contributed by atoms with Crippen molar-refractivity contribution in [2.24, 2.45) is 13.0 Å². The van der Waals surface area contributed by atoms with E-state index in [9.17, 15) is 0 Å². The van der Waals surface area contributed by atoms with Crippen LogP contribution in [0.15, 0.2) is 48.9 Å². The SMILES string of the molecule is Cn1cc(CN2CC[C@H](Cc3ccc4ncccc4c3)C2)cn1. The van der Waals surface area contributed by atoms with E-state index in [1.54, 1.807) is 0 Å². The predicted octanol–water partition coefficient (Wildman–Crippen LogP) is 3.03. The van der Waals surface area contributed by atoms with Gasteiger partial charge >= 0.3 is 0 Å². The number of hydrogen-bond acceptors (Lipinski definition) is 3. The van der Waals surface area contributed by atoms with E-state index in [-0.39, 0.29) is 0 Å². The van der Waals surface area contributed by atoms with Crippen LogP contribution in [-0.2, 0) is 20.0 Å². The van der Waals surface area contributed by atoms with Gasteiger partial charge in [-0.15, -0.1) is 0 Å². The molecule has 4 nitrogen and oxygen atoms in total. The number of hydrogen-bond donors (Lipinski definition) is 0. The van der Waals surface area contributed by atoms with Crippen molar-refractivity contribution in [1.82, 2.24) is 19.7 Å². The average Bonchev–Trinajstić information content (AvgIpc) is 3.17. The summed E-state index contributed by atoms with van der Waals surface area (Å²) in [6, 6.07) is 10.8. The number of aryl methyl sites for hydroxylation is 1. The minimum absolute atomic E-state index is 0.751. The minimum Gasteiger partial charge on any atom is -0.299 e. The molecule has 0 bridgehead atoms. The van der Waals surface area contributed by atoms with Gasteiger partial charge in [-0.25, -0.2) is 0 Å². The second-order valence-corrected chi connectivity index (χ2v) is 6.65. The Balaban J connectivity index is 1.39. The fourth-order valence-electron chi connectivity index (χ4n) is 3.62.